The molecule has 1 atom stereocenters. The monoisotopic (exact) mass is 398 g/mol. The van der Waals surface area contributed by atoms with E-state index in [9.17, 15) is 4.79 Å². The van der Waals surface area contributed by atoms with Crippen LogP contribution in [0, 0.1) is 0 Å². The Labute approximate surface area is 169 Å². The number of aryl methyl sites for hydroxylation is 1. The van der Waals surface area contributed by atoms with Gasteiger partial charge in [0.05, 0.1) is 7.11 Å². The molecule has 146 valence electrons. The van der Waals surface area contributed by atoms with Crippen LogP contribution < -0.4 is 15.4 Å². The highest BCUT2D eigenvalue weighted by molar-refractivity contribution is 6.30. The topological polar surface area (TPSA) is 68.2 Å². The zero-order chi connectivity index (χ0) is 19.9. The van der Waals surface area contributed by atoms with E-state index in [0.717, 1.165) is 22.7 Å². The van der Waals surface area contributed by atoms with E-state index in [2.05, 4.69) is 15.6 Å². The Morgan fingerprint density at radius 1 is 1.25 bits per heavy atom. The summed E-state index contributed by atoms with van der Waals surface area (Å²) in [7, 11) is 3.51. The molecule has 0 spiro atoms. The molecule has 2 N–H and O–H groups in total. The van der Waals surface area contributed by atoms with Crippen molar-refractivity contribution in [3.8, 4) is 5.75 Å². The van der Waals surface area contributed by atoms with Gasteiger partial charge in [-0.1, -0.05) is 35.9 Å². The lowest BCUT2D eigenvalue weighted by molar-refractivity contribution is 0.238. The van der Waals surface area contributed by atoms with Crippen molar-refractivity contribution < 1.29 is 9.53 Å². The molecule has 0 aliphatic heterocycles. The Hall–Kier alpha value is -2.99. The second kappa shape index (κ2) is 9.28. The predicted octanol–water partition coefficient (Wildman–Crippen LogP) is 3.71. The largest absolute Gasteiger partial charge is 0.497 e. The van der Waals surface area contributed by atoms with Crippen LogP contribution in [0.25, 0.3) is 0 Å². The molecule has 0 radical (unpaired) electrons. The van der Waals surface area contributed by atoms with Crippen molar-refractivity contribution in [3.63, 3.8) is 0 Å². The van der Waals surface area contributed by atoms with Crippen LogP contribution in [0.15, 0.2) is 60.9 Å². The molecule has 1 unspecified atom stereocenters. The number of halogens is 1. The van der Waals surface area contributed by atoms with E-state index >= 15 is 0 Å². The van der Waals surface area contributed by atoms with Crippen molar-refractivity contribution in [2.45, 2.75) is 12.5 Å². The molecule has 0 bridgehead atoms. The third-order valence-corrected chi connectivity index (χ3v) is 4.64. The van der Waals surface area contributed by atoms with Crippen LogP contribution in [0.5, 0.6) is 5.75 Å². The molecule has 3 aromatic rings. The Bertz CT molecular complexity index is 941. The van der Waals surface area contributed by atoms with Crippen molar-refractivity contribution in [3.05, 3.63) is 82.9 Å². The first-order valence-corrected chi connectivity index (χ1v) is 9.34. The zero-order valence-electron chi connectivity index (χ0n) is 15.9. The summed E-state index contributed by atoms with van der Waals surface area (Å²) < 4.78 is 7.20. The summed E-state index contributed by atoms with van der Waals surface area (Å²) in [6.45, 7) is 0.498. The number of nitrogens with one attached hydrogen (secondary N) is 2. The first-order valence-electron chi connectivity index (χ1n) is 8.97. The minimum atomic E-state index is -0.402. The van der Waals surface area contributed by atoms with Crippen LogP contribution in [0.2, 0.25) is 5.02 Å². The highest BCUT2D eigenvalue weighted by Crippen LogP contribution is 2.24. The van der Waals surface area contributed by atoms with E-state index in [0.29, 0.717) is 18.0 Å². The number of benzene rings is 2. The van der Waals surface area contributed by atoms with Crippen LogP contribution >= 0.6 is 11.6 Å². The number of amides is 2. The number of nitrogens with zero attached hydrogens (tertiary/aromatic N) is 2. The number of hydrogen-bond acceptors (Lipinski definition) is 3. The van der Waals surface area contributed by atoms with Gasteiger partial charge in [0.2, 0.25) is 0 Å². The maximum Gasteiger partial charge on any atom is 0.315 e. The highest BCUT2D eigenvalue weighted by atomic mass is 35.5. The van der Waals surface area contributed by atoms with Gasteiger partial charge in [-0.05, 0) is 41.8 Å². The molecule has 28 heavy (non-hydrogen) atoms. The first kappa shape index (κ1) is 19.8. The van der Waals surface area contributed by atoms with Crippen molar-refractivity contribution in [2.75, 3.05) is 13.7 Å². The van der Waals surface area contributed by atoms with Gasteiger partial charge in [0.15, 0.2) is 0 Å². The van der Waals surface area contributed by atoms with Crippen LogP contribution in [0.1, 0.15) is 23.0 Å². The fourth-order valence-corrected chi connectivity index (χ4v) is 3.18. The molecule has 0 aliphatic rings. The number of methoxy groups -OCH3 is 1. The minimum absolute atomic E-state index is 0.266. The van der Waals surface area contributed by atoms with E-state index in [-0.39, 0.29) is 6.03 Å². The molecule has 2 aromatic carbocycles. The molecule has 2 amide bonds. The molecule has 1 heterocycles. The number of urea groups is 1. The van der Waals surface area contributed by atoms with Gasteiger partial charge in [-0.25, -0.2) is 9.78 Å². The van der Waals surface area contributed by atoms with E-state index < -0.39 is 6.04 Å². The quantitative estimate of drug-likeness (QED) is 0.637. The third-order valence-electron chi connectivity index (χ3n) is 4.41. The molecule has 0 fully saturated rings. The Morgan fingerprint density at radius 3 is 2.79 bits per heavy atom. The van der Waals surface area contributed by atoms with Crippen molar-refractivity contribution in [1.29, 1.82) is 0 Å². The summed E-state index contributed by atoms with van der Waals surface area (Å²) in [6.07, 6.45) is 4.25. The number of imidazole rings is 1. The second-order valence-electron chi connectivity index (χ2n) is 6.39. The van der Waals surface area contributed by atoms with Crippen molar-refractivity contribution in [1.82, 2.24) is 20.2 Å². The summed E-state index contributed by atoms with van der Waals surface area (Å²) in [5, 5.41) is 6.60. The highest BCUT2D eigenvalue weighted by Gasteiger charge is 2.21. The van der Waals surface area contributed by atoms with Crippen LogP contribution in [0.3, 0.4) is 0 Å². The second-order valence-corrected chi connectivity index (χ2v) is 6.82. The Kier molecular flexibility index (Phi) is 6.55. The predicted molar refractivity (Wildman–Crippen MR) is 110 cm³/mol. The van der Waals surface area contributed by atoms with Gasteiger partial charge in [0.25, 0.3) is 0 Å². The number of hydrogen-bond donors (Lipinski definition) is 2. The molecule has 7 heteroatoms. The average Bonchev–Trinajstić information content (AvgIpc) is 3.12. The van der Waals surface area contributed by atoms with E-state index in [1.807, 2.05) is 66.3 Å². The SMILES string of the molecule is COc1cccc(C(NC(=O)NCCc2cccc(Cl)c2)c2nccn2C)c1. The molecule has 0 saturated heterocycles. The van der Waals surface area contributed by atoms with Gasteiger partial charge in [-0.2, -0.15) is 0 Å². The number of carbonyl (C=O) groups is 1. The Morgan fingerprint density at radius 2 is 2.07 bits per heavy atom. The summed E-state index contributed by atoms with van der Waals surface area (Å²) in [5.74, 6) is 1.46. The normalized spacial score (nSPS) is 11.7. The summed E-state index contributed by atoms with van der Waals surface area (Å²) in [6, 6.07) is 14.5. The van der Waals surface area contributed by atoms with Crippen LogP contribution in [-0.4, -0.2) is 29.2 Å². The zero-order valence-corrected chi connectivity index (χ0v) is 16.6. The summed E-state index contributed by atoms with van der Waals surface area (Å²) in [4.78, 5) is 16.9. The lowest BCUT2D eigenvalue weighted by Gasteiger charge is -2.20. The lowest BCUT2D eigenvalue weighted by Crippen LogP contribution is -2.40. The van der Waals surface area contributed by atoms with E-state index in [4.69, 9.17) is 16.3 Å². The lowest BCUT2D eigenvalue weighted by atomic mass is 10.1. The van der Waals surface area contributed by atoms with Crippen molar-refractivity contribution in [2.24, 2.45) is 7.05 Å². The molecular weight excluding hydrogens is 376 g/mol. The first-order chi connectivity index (χ1) is 13.6. The molecule has 0 aliphatic carbocycles. The Balaban J connectivity index is 1.68. The number of carbonyl (C=O) groups excluding carboxylic acids is 1. The van der Waals surface area contributed by atoms with Gasteiger partial charge < -0.3 is 19.9 Å². The standard InChI is InChI=1S/C21H23ClN4O2/c1-26-12-11-23-20(26)19(16-6-4-8-18(14-16)28-2)25-21(27)24-10-9-15-5-3-7-17(22)13-15/h3-8,11-14,19H,9-10H2,1-2H3,(H2,24,25,27). The van der Waals surface area contributed by atoms with Gasteiger partial charge in [0, 0.05) is 31.0 Å². The smallest absolute Gasteiger partial charge is 0.315 e. The van der Waals surface area contributed by atoms with Crippen molar-refractivity contribution >= 4 is 17.6 Å². The molecule has 0 saturated carbocycles. The number of aromatic nitrogens is 2. The maximum absolute atomic E-state index is 12.5. The van der Waals surface area contributed by atoms with E-state index in [1.165, 1.54) is 0 Å². The van der Waals surface area contributed by atoms with Crippen LogP contribution in [0.4, 0.5) is 4.79 Å². The molecule has 6 nitrogen and oxygen atoms in total. The van der Waals surface area contributed by atoms with E-state index in [1.54, 1.807) is 13.3 Å². The number of ether oxygens (including phenoxy) is 1. The van der Waals surface area contributed by atoms with Gasteiger partial charge in [-0.15, -0.1) is 0 Å². The fraction of sp³-hybridized carbons (Fsp3) is 0.238. The summed E-state index contributed by atoms with van der Waals surface area (Å²) >= 11 is 6.00. The number of rotatable bonds is 7. The summed E-state index contributed by atoms with van der Waals surface area (Å²) in [5.41, 5.74) is 1.96. The molecule has 3 rings (SSSR count). The van der Waals surface area contributed by atoms with Gasteiger partial charge in [0.1, 0.15) is 17.6 Å². The average molecular weight is 399 g/mol. The third kappa shape index (κ3) is 5.04. The minimum Gasteiger partial charge on any atom is -0.497 e. The molecular formula is C21H23ClN4O2. The van der Waals surface area contributed by atoms with Gasteiger partial charge in [-0.3, -0.25) is 0 Å². The van der Waals surface area contributed by atoms with Crippen LogP contribution in [-0.2, 0) is 13.5 Å². The maximum atomic E-state index is 12.5. The fourth-order valence-electron chi connectivity index (χ4n) is 2.97. The molecule has 1 aromatic heterocycles. The van der Waals surface area contributed by atoms with Gasteiger partial charge >= 0.3 is 6.03 Å².